The van der Waals surface area contributed by atoms with E-state index in [0.717, 1.165) is 11.4 Å². The molecule has 0 unspecified atom stereocenters. The molecule has 0 radical (unpaired) electrons. The normalized spacial score (nSPS) is 10.3. The van der Waals surface area contributed by atoms with Gasteiger partial charge < -0.3 is 10.1 Å². The molecule has 7 nitrogen and oxygen atoms in total. The summed E-state index contributed by atoms with van der Waals surface area (Å²) in [5, 5.41) is 6.96. The summed E-state index contributed by atoms with van der Waals surface area (Å²) < 4.78 is 6.41. The van der Waals surface area contributed by atoms with Gasteiger partial charge in [0.25, 0.3) is 0 Å². The molecule has 0 atom stereocenters. The first-order valence-electron chi connectivity index (χ1n) is 6.85. The smallest absolute Gasteiger partial charge is 0.338 e. The second-order valence-corrected chi connectivity index (χ2v) is 4.87. The first-order valence-corrected chi connectivity index (χ1v) is 6.85. The minimum Gasteiger partial charge on any atom is -0.465 e. The zero-order valence-electron chi connectivity index (χ0n) is 12.8. The third-order valence-corrected chi connectivity index (χ3v) is 3.10. The van der Waals surface area contributed by atoms with Gasteiger partial charge in [0.15, 0.2) is 0 Å². The molecule has 0 aliphatic heterocycles. The summed E-state index contributed by atoms with van der Waals surface area (Å²) in [5.41, 5.74) is 2.27. The van der Waals surface area contributed by atoms with Crippen molar-refractivity contribution in [3.63, 3.8) is 0 Å². The average Bonchev–Trinajstić information content (AvgIpc) is 2.82. The van der Waals surface area contributed by atoms with Gasteiger partial charge in [0.1, 0.15) is 5.82 Å². The lowest BCUT2D eigenvalue weighted by Gasteiger charge is -2.07. The predicted molar refractivity (Wildman–Crippen MR) is 80.5 cm³/mol. The van der Waals surface area contributed by atoms with Crippen molar-refractivity contribution in [3.8, 4) is 0 Å². The van der Waals surface area contributed by atoms with Gasteiger partial charge in [-0.05, 0) is 32.0 Å². The number of carbonyl (C=O) groups is 2. The first-order chi connectivity index (χ1) is 10.5. The Bertz CT molecular complexity index is 694. The summed E-state index contributed by atoms with van der Waals surface area (Å²) in [6, 6.07) is 4.96. The first kappa shape index (κ1) is 15.7. The number of hydrogen-bond donors (Lipinski definition) is 1. The molecule has 0 bridgehead atoms. The zero-order chi connectivity index (χ0) is 16.1. The van der Waals surface area contributed by atoms with E-state index in [2.05, 4.69) is 20.1 Å². The lowest BCUT2D eigenvalue weighted by Crippen LogP contribution is -2.16. The van der Waals surface area contributed by atoms with Crippen LogP contribution in [-0.4, -0.2) is 33.8 Å². The lowest BCUT2D eigenvalue weighted by atomic mass is 10.2. The number of amides is 1. The fourth-order valence-electron chi connectivity index (χ4n) is 2.06. The van der Waals surface area contributed by atoms with Crippen LogP contribution >= 0.6 is 0 Å². The molecule has 2 heterocycles. The van der Waals surface area contributed by atoms with Crippen molar-refractivity contribution in [2.75, 3.05) is 12.4 Å². The van der Waals surface area contributed by atoms with Crippen molar-refractivity contribution in [1.29, 1.82) is 0 Å². The van der Waals surface area contributed by atoms with Crippen molar-refractivity contribution in [2.24, 2.45) is 0 Å². The van der Waals surface area contributed by atoms with E-state index in [1.165, 1.54) is 25.4 Å². The van der Waals surface area contributed by atoms with Crippen molar-refractivity contribution < 1.29 is 14.3 Å². The summed E-state index contributed by atoms with van der Waals surface area (Å²) in [6.07, 6.45) is 1.72. The Hall–Kier alpha value is -2.70. The van der Waals surface area contributed by atoms with Crippen LogP contribution in [0.2, 0.25) is 0 Å². The molecular formula is C15H18N4O3. The zero-order valence-corrected chi connectivity index (χ0v) is 12.8. The fraction of sp³-hybridized carbons (Fsp3) is 0.333. The number of nitrogens with zero attached hydrogens (tertiary/aromatic N) is 3. The van der Waals surface area contributed by atoms with E-state index in [-0.39, 0.29) is 12.3 Å². The van der Waals surface area contributed by atoms with E-state index in [1.807, 2.05) is 19.9 Å². The van der Waals surface area contributed by atoms with Gasteiger partial charge in [-0.25, -0.2) is 9.78 Å². The lowest BCUT2D eigenvalue weighted by molar-refractivity contribution is -0.116. The van der Waals surface area contributed by atoms with E-state index in [1.54, 1.807) is 4.68 Å². The van der Waals surface area contributed by atoms with Crippen LogP contribution < -0.4 is 5.32 Å². The molecule has 7 heteroatoms. The SMILES string of the molecule is COC(=O)c1ccnc(NC(=O)CCn2nc(C)cc2C)c1. The van der Waals surface area contributed by atoms with Gasteiger partial charge in [-0.15, -0.1) is 0 Å². The highest BCUT2D eigenvalue weighted by atomic mass is 16.5. The molecule has 1 N–H and O–H groups in total. The molecule has 0 aliphatic rings. The summed E-state index contributed by atoms with van der Waals surface area (Å²) in [6.45, 7) is 4.34. The fourth-order valence-corrected chi connectivity index (χ4v) is 2.06. The van der Waals surface area contributed by atoms with Crippen LogP contribution in [0.1, 0.15) is 28.2 Å². The molecule has 2 rings (SSSR count). The number of aromatic nitrogens is 3. The highest BCUT2D eigenvalue weighted by Gasteiger charge is 2.09. The molecule has 2 aromatic rings. The van der Waals surface area contributed by atoms with Crippen LogP contribution in [0.4, 0.5) is 5.82 Å². The number of nitrogens with one attached hydrogen (secondary N) is 1. The van der Waals surface area contributed by atoms with Crippen molar-refractivity contribution in [2.45, 2.75) is 26.8 Å². The maximum Gasteiger partial charge on any atom is 0.338 e. The monoisotopic (exact) mass is 302 g/mol. The standard InChI is InChI=1S/C15H18N4O3/c1-10-8-11(2)19(18-10)7-5-14(20)17-13-9-12(4-6-16-13)15(21)22-3/h4,6,8-9H,5,7H2,1-3H3,(H,16,17,20). The van der Waals surface area contributed by atoms with Crippen LogP contribution in [0.3, 0.4) is 0 Å². The Morgan fingerprint density at radius 3 is 2.73 bits per heavy atom. The molecule has 0 aromatic carbocycles. The quantitative estimate of drug-likeness (QED) is 0.850. The van der Waals surface area contributed by atoms with Gasteiger partial charge in [-0.1, -0.05) is 0 Å². The second kappa shape index (κ2) is 6.84. The molecule has 1 amide bonds. The van der Waals surface area contributed by atoms with Gasteiger partial charge in [-0.3, -0.25) is 9.48 Å². The van der Waals surface area contributed by atoms with E-state index in [4.69, 9.17) is 0 Å². The Kier molecular flexibility index (Phi) is 4.88. The Balaban J connectivity index is 1.94. The molecule has 2 aromatic heterocycles. The molecule has 22 heavy (non-hydrogen) atoms. The number of hydrogen-bond acceptors (Lipinski definition) is 5. The van der Waals surface area contributed by atoms with Crippen LogP contribution in [0.5, 0.6) is 0 Å². The third kappa shape index (κ3) is 3.91. The minimum atomic E-state index is -0.472. The number of anilines is 1. The van der Waals surface area contributed by atoms with Crippen LogP contribution in [0.25, 0.3) is 0 Å². The molecule has 0 spiro atoms. The van der Waals surface area contributed by atoms with Crippen LogP contribution in [0, 0.1) is 13.8 Å². The van der Waals surface area contributed by atoms with E-state index >= 15 is 0 Å². The average molecular weight is 302 g/mol. The summed E-state index contributed by atoms with van der Waals surface area (Å²) in [7, 11) is 1.30. The van der Waals surface area contributed by atoms with Crippen molar-refractivity contribution in [1.82, 2.24) is 14.8 Å². The molecule has 0 aliphatic carbocycles. The Labute approximate surface area is 128 Å². The molecule has 0 fully saturated rings. The van der Waals surface area contributed by atoms with Crippen molar-refractivity contribution >= 4 is 17.7 Å². The number of methoxy groups -OCH3 is 1. The third-order valence-electron chi connectivity index (χ3n) is 3.10. The Morgan fingerprint density at radius 1 is 1.32 bits per heavy atom. The maximum atomic E-state index is 11.9. The molecular weight excluding hydrogens is 284 g/mol. The number of aryl methyl sites for hydroxylation is 3. The molecule has 0 saturated carbocycles. The van der Waals surface area contributed by atoms with Gasteiger partial charge in [-0.2, -0.15) is 5.10 Å². The largest absolute Gasteiger partial charge is 0.465 e. The Morgan fingerprint density at radius 2 is 2.09 bits per heavy atom. The summed E-state index contributed by atoms with van der Waals surface area (Å²) in [4.78, 5) is 27.4. The number of carbonyl (C=O) groups excluding carboxylic acids is 2. The van der Waals surface area contributed by atoms with E-state index in [9.17, 15) is 9.59 Å². The molecule has 116 valence electrons. The summed E-state index contributed by atoms with van der Waals surface area (Å²) in [5.74, 6) is -0.344. The van der Waals surface area contributed by atoms with Gasteiger partial charge in [0, 0.05) is 24.9 Å². The topological polar surface area (TPSA) is 86.1 Å². The number of rotatable bonds is 5. The van der Waals surface area contributed by atoms with Gasteiger partial charge in [0.05, 0.1) is 18.4 Å². The van der Waals surface area contributed by atoms with Crippen LogP contribution in [0.15, 0.2) is 24.4 Å². The van der Waals surface area contributed by atoms with E-state index in [0.29, 0.717) is 17.9 Å². The highest BCUT2D eigenvalue weighted by Crippen LogP contribution is 2.09. The predicted octanol–water partition coefficient (Wildman–Crippen LogP) is 1.71. The minimum absolute atomic E-state index is 0.193. The second-order valence-electron chi connectivity index (χ2n) is 4.87. The van der Waals surface area contributed by atoms with Gasteiger partial charge >= 0.3 is 5.97 Å². The van der Waals surface area contributed by atoms with Gasteiger partial charge in [0.2, 0.25) is 5.91 Å². The van der Waals surface area contributed by atoms with Crippen LogP contribution in [-0.2, 0) is 16.1 Å². The van der Waals surface area contributed by atoms with E-state index < -0.39 is 5.97 Å². The number of esters is 1. The van der Waals surface area contributed by atoms with Crippen molar-refractivity contribution in [3.05, 3.63) is 41.3 Å². The highest BCUT2D eigenvalue weighted by molar-refractivity contribution is 5.93. The molecule has 0 saturated heterocycles. The number of pyridine rings is 1. The number of ether oxygens (including phenoxy) is 1. The summed E-state index contributed by atoms with van der Waals surface area (Å²) >= 11 is 0. The maximum absolute atomic E-state index is 11.9.